The summed E-state index contributed by atoms with van der Waals surface area (Å²) in [5, 5.41) is 2.47. The van der Waals surface area contributed by atoms with Gasteiger partial charge in [0.25, 0.3) is 5.91 Å². The van der Waals surface area contributed by atoms with Gasteiger partial charge >= 0.3 is 6.18 Å². The molecule has 0 spiro atoms. The van der Waals surface area contributed by atoms with Crippen molar-refractivity contribution in [3.8, 4) is 11.1 Å². The molecule has 0 aromatic heterocycles. The van der Waals surface area contributed by atoms with Crippen molar-refractivity contribution in [1.82, 2.24) is 0 Å². The highest BCUT2D eigenvalue weighted by Crippen LogP contribution is 2.37. The number of halogens is 5. The third-order valence-electron chi connectivity index (χ3n) is 3.86. The van der Waals surface area contributed by atoms with Gasteiger partial charge in [-0.05, 0) is 47.5 Å². The molecule has 0 bridgehead atoms. The zero-order chi connectivity index (χ0) is 19.6. The van der Waals surface area contributed by atoms with Crippen LogP contribution in [0.1, 0.15) is 15.9 Å². The fourth-order valence-electron chi connectivity index (χ4n) is 2.58. The first-order chi connectivity index (χ1) is 12.8. The highest BCUT2D eigenvalue weighted by Gasteiger charge is 2.34. The molecule has 0 radical (unpaired) electrons. The van der Waals surface area contributed by atoms with Crippen molar-refractivity contribution < 1.29 is 26.7 Å². The van der Waals surface area contributed by atoms with Gasteiger partial charge in [0.05, 0.1) is 11.1 Å². The lowest BCUT2D eigenvalue weighted by Crippen LogP contribution is -2.13. The number of hydrogen-bond acceptors (Lipinski definition) is 1. The van der Waals surface area contributed by atoms with Crippen LogP contribution in [0.25, 0.3) is 11.1 Å². The number of carbonyl (C=O) groups is 1. The minimum atomic E-state index is -4.71. The van der Waals surface area contributed by atoms with Gasteiger partial charge in [-0.3, -0.25) is 4.79 Å². The summed E-state index contributed by atoms with van der Waals surface area (Å²) in [6, 6.07) is 13.3. The molecule has 0 atom stereocenters. The highest BCUT2D eigenvalue weighted by molar-refractivity contribution is 6.04. The van der Waals surface area contributed by atoms with Crippen LogP contribution < -0.4 is 5.32 Å². The van der Waals surface area contributed by atoms with Crippen LogP contribution in [0.2, 0.25) is 0 Å². The Morgan fingerprint density at radius 1 is 0.852 bits per heavy atom. The molecule has 7 heteroatoms. The zero-order valence-electron chi connectivity index (χ0n) is 13.6. The summed E-state index contributed by atoms with van der Waals surface area (Å²) in [5.41, 5.74) is -0.949. The van der Waals surface area contributed by atoms with Gasteiger partial charge in [0.15, 0.2) is 0 Å². The summed E-state index contributed by atoms with van der Waals surface area (Å²) in [6.45, 7) is 0. The predicted molar refractivity (Wildman–Crippen MR) is 91.2 cm³/mol. The van der Waals surface area contributed by atoms with Gasteiger partial charge in [0.2, 0.25) is 0 Å². The molecule has 0 saturated heterocycles. The molecule has 0 heterocycles. The van der Waals surface area contributed by atoms with Crippen LogP contribution in [0.5, 0.6) is 0 Å². The first-order valence-electron chi connectivity index (χ1n) is 7.79. The number of alkyl halides is 3. The van der Waals surface area contributed by atoms with Crippen molar-refractivity contribution in [3.63, 3.8) is 0 Å². The summed E-state index contributed by atoms with van der Waals surface area (Å²) in [6.07, 6.45) is -4.71. The maximum absolute atomic E-state index is 13.6. The fourth-order valence-corrected chi connectivity index (χ4v) is 2.58. The Morgan fingerprint density at radius 3 is 2.15 bits per heavy atom. The number of hydrogen-bond donors (Lipinski definition) is 1. The van der Waals surface area contributed by atoms with E-state index in [2.05, 4.69) is 5.32 Å². The molecule has 0 saturated carbocycles. The lowest BCUT2D eigenvalue weighted by molar-refractivity contribution is -0.137. The van der Waals surface area contributed by atoms with Gasteiger partial charge in [-0.1, -0.05) is 30.3 Å². The van der Waals surface area contributed by atoms with Crippen LogP contribution in [-0.4, -0.2) is 5.91 Å². The minimum absolute atomic E-state index is 0.153. The van der Waals surface area contributed by atoms with Gasteiger partial charge < -0.3 is 5.32 Å². The number of anilines is 1. The van der Waals surface area contributed by atoms with E-state index in [0.29, 0.717) is 6.07 Å². The molecular formula is C20H12F5NO. The quantitative estimate of drug-likeness (QED) is 0.566. The lowest BCUT2D eigenvalue weighted by Gasteiger charge is -2.14. The maximum atomic E-state index is 13.6. The summed E-state index contributed by atoms with van der Waals surface area (Å²) in [5.74, 6) is -2.36. The van der Waals surface area contributed by atoms with Crippen molar-refractivity contribution in [3.05, 3.63) is 89.5 Å². The molecule has 1 amide bonds. The lowest BCUT2D eigenvalue weighted by atomic mass is 9.99. The second-order valence-electron chi connectivity index (χ2n) is 5.70. The summed E-state index contributed by atoms with van der Waals surface area (Å²) >= 11 is 0. The standard InChI is InChI=1S/C20H12F5NO/c21-13-7-10-15(17(11-13)20(23,24)25)12-5-8-14(9-6-12)26-19(27)16-3-1-2-4-18(16)22/h1-11H,(H,26,27). The topological polar surface area (TPSA) is 29.1 Å². The van der Waals surface area contributed by atoms with Crippen LogP contribution in [-0.2, 0) is 6.18 Å². The van der Waals surface area contributed by atoms with Crippen LogP contribution in [0.3, 0.4) is 0 Å². The molecule has 3 rings (SSSR count). The van der Waals surface area contributed by atoms with Crippen LogP contribution in [0, 0.1) is 11.6 Å². The van der Waals surface area contributed by atoms with E-state index < -0.39 is 29.3 Å². The highest BCUT2D eigenvalue weighted by atomic mass is 19.4. The molecule has 3 aromatic carbocycles. The van der Waals surface area contributed by atoms with Crippen molar-refractivity contribution >= 4 is 11.6 Å². The van der Waals surface area contributed by atoms with E-state index in [1.807, 2.05) is 0 Å². The summed E-state index contributed by atoms with van der Waals surface area (Å²) in [7, 11) is 0. The van der Waals surface area contributed by atoms with Crippen molar-refractivity contribution in [2.75, 3.05) is 5.32 Å². The third-order valence-corrected chi connectivity index (χ3v) is 3.86. The van der Waals surface area contributed by atoms with Gasteiger partial charge in [-0.25, -0.2) is 8.78 Å². The monoisotopic (exact) mass is 377 g/mol. The predicted octanol–water partition coefficient (Wildman–Crippen LogP) is 5.90. The molecule has 0 fully saturated rings. The van der Waals surface area contributed by atoms with E-state index >= 15 is 0 Å². The molecule has 0 aliphatic rings. The van der Waals surface area contributed by atoms with Crippen LogP contribution in [0.15, 0.2) is 66.7 Å². The number of nitrogens with one attached hydrogen (secondary N) is 1. The van der Waals surface area contributed by atoms with Gasteiger partial charge in [0.1, 0.15) is 11.6 Å². The smallest absolute Gasteiger partial charge is 0.322 e. The molecule has 138 valence electrons. The van der Waals surface area contributed by atoms with Crippen molar-refractivity contribution in [2.45, 2.75) is 6.18 Å². The first-order valence-corrected chi connectivity index (χ1v) is 7.79. The Morgan fingerprint density at radius 2 is 1.52 bits per heavy atom. The van der Waals surface area contributed by atoms with Crippen LogP contribution >= 0.6 is 0 Å². The second-order valence-corrected chi connectivity index (χ2v) is 5.70. The largest absolute Gasteiger partial charge is 0.417 e. The molecule has 0 unspecified atom stereocenters. The average molecular weight is 377 g/mol. The Balaban J connectivity index is 1.87. The number of benzene rings is 3. The van der Waals surface area contributed by atoms with Gasteiger partial charge in [-0.2, -0.15) is 13.2 Å². The SMILES string of the molecule is O=C(Nc1ccc(-c2ccc(F)cc2C(F)(F)F)cc1)c1ccccc1F. The van der Waals surface area contributed by atoms with E-state index in [1.54, 1.807) is 0 Å². The number of carbonyl (C=O) groups excluding carboxylic acids is 1. The second kappa shape index (κ2) is 7.19. The summed E-state index contributed by atoms with van der Waals surface area (Å²) < 4.78 is 66.2. The van der Waals surface area contributed by atoms with E-state index in [-0.39, 0.29) is 22.4 Å². The Bertz CT molecular complexity index is 980. The first kappa shape index (κ1) is 18.6. The molecular weight excluding hydrogens is 365 g/mol. The molecule has 0 aliphatic heterocycles. The zero-order valence-corrected chi connectivity index (χ0v) is 13.6. The molecule has 3 aromatic rings. The number of rotatable bonds is 3. The Kier molecular flexibility index (Phi) is 4.94. The summed E-state index contributed by atoms with van der Waals surface area (Å²) in [4.78, 5) is 12.1. The maximum Gasteiger partial charge on any atom is 0.417 e. The molecule has 0 aliphatic carbocycles. The third kappa shape index (κ3) is 4.13. The Hall–Kier alpha value is -3.22. The molecule has 1 N–H and O–H groups in total. The van der Waals surface area contributed by atoms with Gasteiger partial charge in [0, 0.05) is 5.69 Å². The van der Waals surface area contributed by atoms with E-state index in [0.717, 1.165) is 18.2 Å². The molecule has 27 heavy (non-hydrogen) atoms. The Labute approximate surface area is 151 Å². The van der Waals surface area contributed by atoms with E-state index in [9.17, 15) is 26.7 Å². The fraction of sp³-hybridized carbons (Fsp3) is 0.0500. The average Bonchev–Trinajstić information content (AvgIpc) is 2.62. The van der Waals surface area contributed by atoms with Crippen molar-refractivity contribution in [2.24, 2.45) is 0 Å². The minimum Gasteiger partial charge on any atom is -0.322 e. The van der Waals surface area contributed by atoms with Crippen molar-refractivity contribution in [1.29, 1.82) is 0 Å². The van der Waals surface area contributed by atoms with E-state index in [4.69, 9.17) is 0 Å². The number of amides is 1. The normalized spacial score (nSPS) is 11.3. The van der Waals surface area contributed by atoms with Gasteiger partial charge in [-0.15, -0.1) is 0 Å². The van der Waals surface area contributed by atoms with E-state index in [1.165, 1.54) is 42.5 Å². The van der Waals surface area contributed by atoms with Crippen LogP contribution in [0.4, 0.5) is 27.6 Å². The molecule has 2 nitrogen and oxygen atoms in total.